The quantitative estimate of drug-likeness (QED) is 0.175. The Hall–Kier alpha value is -6.64. The van der Waals surface area contributed by atoms with Gasteiger partial charge < -0.3 is 9.13 Å². The maximum atomic E-state index is 2.43. The van der Waals surface area contributed by atoms with Crippen LogP contribution in [0.3, 0.4) is 0 Å². The molecule has 0 N–H and O–H groups in total. The first-order chi connectivity index (χ1) is 25.2. The number of fused-ring (bicyclic) bond motifs is 6. The van der Waals surface area contributed by atoms with Crippen molar-refractivity contribution < 1.29 is 0 Å². The number of nitrogens with zero attached hydrogens (tertiary/aromatic N) is 2. The summed E-state index contributed by atoms with van der Waals surface area (Å²) in [6.07, 6.45) is 0. The van der Waals surface area contributed by atoms with Gasteiger partial charge in [-0.15, -0.1) is 0 Å². The number of hydrogen-bond donors (Lipinski definition) is 0. The molecule has 0 aliphatic rings. The summed E-state index contributed by atoms with van der Waals surface area (Å²) in [4.78, 5) is 0. The van der Waals surface area contributed by atoms with E-state index < -0.39 is 0 Å². The van der Waals surface area contributed by atoms with Crippen LogP contribution in [0.15, 0.2) is 188 Å². The molecule has 2 nitrogen and oxygen atoms in total. The summed E-state index contributed by atoms with van der Waals surface area (Å²) in [7, 11) is 0. The fourth-order valence-corrected chi connectivity index (χ4v) is 7.99. The van der Waals surface area contributed by atoms with Gasteiger partial charge in [-0.3, -0.25) is 0 Å². The van der Waals surface area contributed by atoms with Crippen LogP contribution < -0.4 is 0 Å². The molecule has 2 aromatic heterocycles. The monoisotopic (exact) mass is 650 g/mol. The highest BCUT2D eigenvalue weighted by atomic mass is 15.0. The number of aryl methyl sites for hydroxylation is 1. The maximum absolute atomic E-state index is 2.43. The minimum atomic E-state index is 1.16. The third kappa shape index (κ3) is 4.80. The highest BCUT2D eigenvalue weighted by Crippen LogP contribution is 2.39. The van der Waals surface area contributed by atoms with Crippen molar-refractivity contribution in [3.05, 3.63) is 194 Å². The molecule has 0 atom stereocenters. The van der Waals surface area contributed by atoms with Gasteiger partial charge in [0.25, 0.3) is 0 Å². The first-order valence-corrected chi connectivity index (χ1v) is 17.6. The van der Waals surface area contributed by atoms with E-state index >= 15 is 0 Å². The van der Waals surface area contributed by atoms with Crippen LogP contribution in [0.4, 0.5) is 0 Å². The molecule has 240 valence electrons. The van der Waals surface area contributed by atoms with Crippen molar-refractivity contribution in [2.24, 2.45) is 0 Å². The fourth-order valence-electron chi connectivity index (χ4n) is 7.99. The van der Waals surface area contributed by atoms with Crippen molar-refractivity contribution >= 4 is 43.6 Å². The molecule has 0 saturated heterocycles. The Bertz CT molecular complexity index is 2800. The number of para-hydroxylation sites is 4. The van der Waals surface area contributed by atoms with E-state index in [1.54, 1.807) is 0 Å². The first-order valence-electron chi connectivity index (χ1n) is 17.6. The Morgan fingerprint density at radius 3 is 1.27 bits per heavy atom. The molecule has 0 amide bonds. The summed E-state index contributed by atoms with van der Waals surface area (Å²) >= 11 is 0. The molecule has 10 rings (SSSR count). The molecule has 0 aliphatic carbocycles. The van der Waals surface area contributed by atoms with E-state index in [1.165, 1.54) is 88.2 Å². The molecule has 8 aromatic carbocycles. The van der Waals surface area contributed by atoms with Crippen LogP contribution >= 0.6 is 0 Å². The van der Waals surface area contributed by atoms with E-state index in [9.17, 15) is 0 Å². The predicted molar refractivity (Wildman–Crippen MR) is 216 cm³/mol. The Morgan fingerprint density at radius 1 is 0.314 bits per heavy atom. The van der Waals surface area contributed by atoms with E-state index in [-0.39, 0.29) is 0 Å². The molecule has 0 radical (unpaired) electrons. The molecule has 0 saturated carbocycles. The number of rotatable bonds is 5. The molecule has 0 fully saturated rings. The van der Waals surface area contributed by atoms with E-state index in [2.05, 4.69) is 204 Å². The second-order valence-electron chi connectivity index (χ2n) is 13.5. The summed E-state index contributed by atoms with van der Waals surface area (Å²) in [5.41, 5.74) is 15.7. The lowest BCUT2D eigenvalue weighted by Crippen LogP contribution is -1.98. The smallest absolute Gasteiger partial charge is 0.0541 e. The molecular weight excluding hydrogens is 617 g/mol. The van der Waals surface area contributed by atoms with Gasteiger partial charge in [-0.2, -0.15) is 0 Å². The Kier molecular flexibility index (Phi) is 6.75. The van der Waals surface area contributed by atoms with E-state index in [0.29, 0.717) is 0 Å². The number of hydrogen-bond acceptors (Lipinski definition) is 0. The highest BCUT2D eigenvalue weighted by molar-refractivity contribution is 6.10. The predicted octanol–water partition coefficient (Wildman–Crippen LogP) is 13.2. The average molecular weight is 651 g/mol. The lowest BCUT2D eigenvalue weighted by Gasteiger charge is -2.17. The van der Waals surface area contributed by atoms with E-state index in [4.69, 9.17) is 0 Å². The standard InChI is InChI=1S/C49H34N2/c1-33-11-10-12-37(31-33)34-21-23-36(24-22-34)44-32-38(27-30-49(44)51-47-19-8-4-15-42(47)43-16-5-9-20-48(43)51)35-25-28-39(29-26-35)50-45-17-6-2-13-40(45)41-14-3-7-18-46(41)50/h2-32H,1H3. The van der Waals surface area contributed by atoms with Crippen molar-refractivity contribution in [2.75, 3.05) is 0 Å². The molecule has 0 bridgehead atoms. The summed E-state index contributed by atoms with van der Waals surface area (Å²) in [5, 5.41) is 5.07. The van der Waals surface area contributed by atoms with Gasteiger partial charge >= 0.3 is 0 Å². The van der Waals surface area contributed by atoms with Crippen molar-refractivity contribution in [1.29, 1.82) is 0 Å². The van der Waals surface area contributed by atoms with E-state index in [1.807, 2.05) is 0 Å². The highest BCUT2D eigenvalue weighted by Gasteiger charge is 2.17. The van der Waals surface area contributed by atoms with Gasteiger partial charge in [-0.25, -0.2) is 0 Å². The molecular formula is C49H34N2. The molecule has 0 aliphatic heterocycles. The lowest BCUT2D eigenvalue weighted by molar-refractivity contribution is 1.18. The third-order valence-electron chi connectivity index (χ3n) is 10.4. The minimum absolute atomic E-state index is 1.16. The summed E-state index contributed by atoms with van der Waals surface area (Å²) < 4.78 is 4.81. The lowest BCUT2D eigenvalue weighted by atomic mass is 9.95. The summed E-state index contributed by atoms with van der Waals surface area (Å²) in [6, 6.07) is 68.6. The molecule has 2 heteroatoms. The third-order valence-corrected chi connectivity index (χ3v) is 10.4. The van der Waals surface area contributed by atoms with Gasteiger partial charge in [-0.05, 0) is 83.3 Å². The topological polar surface area (TPSA) is 9.86 Å². The maximum Gasteiger partial charge on any atom is 0.0541 e. The molecule has 0 spiro atoms. The van der Waals surface area contributed by atoms with Gasteiger partial charge in [0.15, 0.2) is 0 Å². The SMILES string of the molecule is Cc1cccc(-c2ccc(-c3cc(-c4ccc(-n5c6ccccc6c6ccccc65)cc4)ccc3-n3c4ccccc4c4ccccc43)cc2)c1. The van der Waals surface area contributed by atoms with Gasteiger partial charge in [-0.1, -0.05) is 145 Å². The molecule has 51 heavy (non-hydrogen) atoms. The minimum Gasteiger partial charge on any atom is -0.309 e. The Balaban J connectivity index is 1.13. The van der Waals surface area contributed by atoms with Crippen LogP contribution in [0.1, 0.15) is 5.56 Å². The van der Waals surface area contributed by atoms with E-state index in [0.717, 1.165) is 5.69 Å². The number of aromatic nitrogens is 2. The van der Waals surface area contributed by atoms with Gasteiger partial charge in [0.1, 0.15) is 0 Å². The van der Waals surface area contributed by atoms with Gasteiger partial charge in [0.05, 0.1) is 27.8 Å². The summed E-state index contributed by atoms with van der Waals surface area (Å²) in [6.45, 7) is 2.15. The van der Waals surface area contributed by atoms with Crippen LogP contribution in [-0.2, 0) is 0 Å². The normalized spacial score (nSPS) is 11.6. The fraction of sp³-hybridized carbons (Fsp3) is 0.0204. The zero-order chi connectivity index (χ0) is 33.9. The van der Waals surface area contributed by atoms with Crippen LogP contribution in [0.5, 0.6) is 0 Å². The van der Waals surface area contributed by atoms with Crippen molar-refractivity contribution in [3.63, 3.8) is 0 Å². The average Bonchev–Trinajstić information content (AvgIpc) is 3.71. The van der Waals surface area contributed by atoms with Gasteiger partial charge in [0, 0.05) is 32.8 Å². The Morgan fingerprint density at radius 2 is 0.745 bits per heavy atom. The van der Waals surface area contributed by atoms with Gasteiger partial charge in [0.2, 0.25) is 0 Å². The van der Waals surface area contributed by atoms with Crippen molar-refractivity contribution in [3.8, 4) is 44.8 Å². The zero-order valence-electron chi connectivity index (χ0n) is 28.3. The second-order valence-corrected chi connectivity index (χ2v) is 13.5. The zero-order valence-corrected chi connectivity index (χ0v) is 28.3. The Labute approximate surface area is 297 Å². The molecule has 0 unspecified atom stereocenters. The van der Waals surface area contributed by atoms with Crippen LogP contribution in [0.25, 0.3) is 88.4 Å². The largest absolute Gasteiger partial charge is 0.309 e. The molecule has 2 heterocycles. The second kappa shape index (κ2) is 11.8. The first kappa shape index (κ1) is 29.3. The van der Waals surface area contributed by atoms with Crippen LogP contribution in [-0.4, -0.2) is 9.13 Å². The van der Waals surface area contributed by atoms with Crippen molar-refractivity contribution in [2.45, 2.75) is 6.92 Å². The molecule has 10 aromatic rings. The number of benzene rings is 8. The summed E-state index contributed by atoms with van der Waals surface area (Å²) in [5.74, 6) is 0. The van der Waals surface area contributed by atoms with Crippen LogP contribution in [0.2, 0.25) is 0 Å². The van der Waals surface area contributed by atoms with Crippen LogP contribution in [0, 0.1) is 6.92 Å². The van der Waals surface area contributed by atoms with Crippen molar-refractivity contribution in [1.82, 2.24) is 9.13 Å².